The first-order chi connectivity index (χ1) is 22.4. The van der Waals surface area contributed by atoms with Crippen molar-refractivity contribution in [3.63, 3.8) is 0 Å². The molecule has 0 aliphatic rings. The van der Waals surface area contributed by atoms with Crippen molar-refractivity contribution in [2.24, 2.45) is 0 Å². The fourth-order valence-corrected chi connectivity index (χ4v) is 5.46. The van der Waals surface area contributed by atoms with E-state index in [0.29, 0.717) is 12.8 Å². The molecule has 270 valence electrons. The van der Waals surface area contributed by atoms with Crippen molar-refractivity contribution in [3.05, 3.63) is 24.3 Å². The molecule has 0 aliphatic heterocycles. The van der Waals surface area contributed by atoms with E-state index < -0.39 is 6.10 Å². The molecule has 2 atom stereocenters. The van der Waals surface area contributed by atoms with Crippen LogP contribution in [0.25, 0.3) is 0 Å². The van der Waals surface area contributed by atoms with E-state index in [-0.39, 0.29) is 37.1 Å². The third-order valence-electron chi connectivity index (χ3n) is 8.55. The molecule has 5 N–H and O–H groups in total. The molecule has 0 heterocycles. The molecule has 0 rings (SSSR count). The van der Waals surface area contributed by atoms with Gasteiger partial charge in [0.2, 0.25) is 11.8 Å². The minimum Gasteiger partial charge on any atom is -0.393 e. The van der Waals surface area contributed by atoms with Crippen LogP contribution in [0.4, 0.5) is 0 Å². The standard InChI is InChI=1S/C39H74N2O5/c1-3-5-7-21-27-35(42)29-23-17-13-9-11-15-19-25-31-38(45)40-33-37(44)34-41-39(46)32-26-20-16-12-10-14-18-24-30-36(43)28-22-8-6-4-2/h17-18,23-24,35-37,42-44H,3-16,19-22,25-34H2,1-2H3,(H,40,45)(H,41,46). The predicted molar refractivity (Wildman–Crippen MR) is 194 cm³/mol. The molecular weight excluding hydrogens is 576 g/mol. The van der Waals surface area contributed by atoms with E-state index in [2.05, 4.69) is 48.8 Å². The Morgan fingerprint density at radius 2 is 0.848 bits per heavy atom. The van der Waals surface area contributed by atoms with Gasteiger partial charge in [0, 0.05) is 25.9 Å². The molecule has 46 heavy (non-hydrogen) atoms. The van der Waals surface area contributed by atoms with E-state index in [1.165, 1.54) is 38.5 Å². The summed E-state index contributed by atoms with van der Waals surface area (Å²) in [5.74, 6) is -0.0973. The van der Waals surface area contributed by atoms with Gasteiger partial charge < -0.3 is 26.0 Å². The zero-order valence-corrected chi connectivity index (χ0v) is 30.0. The van der Waals surface area contributed by atoms with Crippen LogP contribution in [-0.4, -0.2) is 58.5 Å². The van der Waals surface area contributed by atoms with Crippen molar-refractivity contribution in [2.75, 3.05) is 13.1 Å². The lowest BCUT2D eigenvalue weighted by Gasteiger charge is -2.13. The number of hydrogen-bond acceptors (Lipinski definition) is 5. The Balaban J connectivity index is 3.54. The summed E-state index contributed by atoms with van der Waals surface area (Å²) < 4.78 is 0. The zero-order chi connectivity index (χ0) is 33.9. The smallest absolute Gasteiger partial charge is 0.220 e. The van der Waals surface area contributed by atoms with E-state index in [1.54, 1.807) is 0 Å². The van der Waals surface area contributed by atoms with E-state index in [0.717, 1.165) is 116 Å². The Morgan fingerprint density at radius 1 is 0.478 bits per heavy atom. The van der Waals surface area contributed by atoms with Crippen LogP contribution in [0, 0.1) is 0 Å². The summed E-state index contributed by atoms with van der Waals surface area (Å²) in [4.78, 5) is 24.1. The number of allylic oxidation sites excluding steroid dienone is 2. The van der Waals surface area contributed by atoms with Gasteiger partial charge in [-0.25, -0.2) is 0 Å². The molecule has 0 spiro atoms. The molecule has 0 saturated heterocycles. The van der Waals surface area contributed by atoms with Crippen molar-refractivity contribution in [3.8, 4) is 0 Å². The van der Waals surface area contributed by atoms with E-state index in [9.17, 15) is 24.9 Å². The third-order valence-corrected chi connectivity index (χ3v) is 8.55. The van der Waals surface area contributed by atoms with Gasteiger partial charge in [-0.3, -0.25) is 9.59 Å². The molecule has 7 nitrogen and oxygen atoms in total. The van der Waals surface area contributed by atoms with Crippen molar-refractivity contribution in [2.45, 2.75) is 199 Å². The molecule has 0 radical (unpaired) electrons. The largest absolute Gasteiger partial charge is 0.393 e. The summed E-state index contributed by atoms with van der Waals surface area (Å²) in [6.07, 6.45) is 33.9. The number of aliphatic hydroxyl groups is 3. The van der Waals surface area contributed by atoms with E-state index >= 15 is 0 Å². The van der Waals surface area contributed by atoms with Crippen LogP contribution < -0.4 is 10.6 Å². The fourth-order valence-electron chi connectivity index (χ4n) is 5.46. The highest BCUT2D eigenvalue weighted by Gasteiger charge is 2.09. The Bertz CT molecular complexity index is 682. The van der Waals surface area contributed by atoms with Crippen molar-refractivity contribution >= 4 is 11.8 Å². The highest BCUT2D eigenvalue weighted by atomic mass is 16.3. The molecule has 0 aromatic heterocycles. The number of hydrogen-bond donors (Lipinski definition) is 5. The maximum Gasteiger partial charge on any atom is 0.220 e. The number of unbranched alkanes of at least 4 members (excludes halogenated alkanes) is 16. The van der Waals surface area contributed by atoms with Gasteiger partial charge in [-0.05, 0) is 64.2 Å². The van der Waals surface area contributed by atoms with Crippen LogP contribution in [0.1, 0.15) is 181 Å². The van der Waals surface area contributed by atoms with Gasteiger partial charge in [0.25, 0.3) is 0 Å². The topological polar surface area (TPSA) is 119 Å². The highest BCUT2D eigenvalue weighted by Crippen LogP contribution is 2.12. The Kier molecular flexibility index (Phi) is 33.3. The van der Waals surface area contributed by atoms with Crippen molar-refractivity contribution in [1.82, 2.24) is 10.6 Å². The van der Waals surface area contributed by atoms with E-state index in [4.69, 9.17) is 0 Å². The molecule has 7 heteroatoms. The molecular formula is C39H74N2O5. The lowest BCUT2D eigenvalue weighted by Crippen LogP contribution is -2.39. The van der Waals surface area contributed by atoms with Gasteiger partial charge in [0.1, 0.15) is 0 Å². The lowest BCUT2D eigenvalue weighted by atomic mass is 10.1. The molecule has 0 aromatic carbocycles. The monoisotopic (exact) mass is 651 g/mol. The Labute approximate surface area is 283 Å². The second kappa shape index (κ2) is 34.6. The minimum absolute atomic E-state index is 0.0487. The first-order valence-electron chi connectivity index (χ1n) is 19.3. The second-order valence-electron chi connectivity index (χ2n) is 13.3. The molecule has 0 aromatic rings. The summed E-state index contributed by atoms with van der Waals surface area (Å²) in [7, 11) is 0. The summed E-state index contributed by atoms with van der Waals surface area (Å²) in [5, 5.41) is 35.6. The number of rotatable bonds is 34. The zero-order valence-electron chi connectivity index (χ0n) is 30.0. The second-order valence-corrected chi connectivity index (χ2v) is 13.3. The van der Waals surface area contributed by atoms with Crippen LogP contribution in [-0.2, 0) is 9.59 Å². The average molecular weight is 651 g/mol. The van der Waals surface area contributed by atoms with Gasteiger partial charge >= 0.3 is 0 Å². The van der Waals surface area contributed by atoms with Gasteiger partial charge in [0.15, 0.2) is 0 Å². The summed E-state index contributed by atoms with van der Waals surface area (Å²) in [6.45, 7) is 4.72. The van der Waals surface area contributed by atoms with Crippen LogP contribution in [0.15, 0.2) is 24.3 Å². The van der Waals surface area contributed by atoms with Crippen LogP contribution in [0.2, 0.25) is 0 Å². The van der Waals surface area contributed by atoms with Gasteiger partial charge in [0.05, 0.1) is 18.3 Å². The van der Waals surface area contributed by atoms with Crippen molar-refractivity contribution < 1.29 is 24.9 Å². The number of carbonyl (C=O) groups excluding carboxylic acids is 2. The van der Waals surface area contributed by atoms with Gasteiger partial charge in [-0.15, -0.1) is 0 Å². The highest BCUT2D eigenvalue weighted by molar-refractivity contribution is 5.76. The van der Waals surface area contributed by atoms with Crippen LogP contribution in [0.5, 0.6) is 0 Å². The Morgan fingerprint density at radius 3 is 1.26 bits per heavy atom. The van der Waals surface area contributed by atoms with Crippen LogP contribution >= 0.6 is 0 Å². The van der Waals surface area contributed by atoms with Crippen LogP contribution in [0.3, 0.4) is 0 Å². The number of carbonyl (C=O) groups is 2. The first kappa shape index (κ1) is 44.3. The molecule has 0 saturated carbocycles. The SMILES string of the molecule is CCCCCCC(O)CC=CCCCCCCCC(=O)NCC(O)CNC(=O)CCCCCCCC=CCC(O)CCCCCC. The predicted octanol–water partition coefficient (Wildman–Crippen LogP) is 8.60. The summed E-state index contributed by atoms with van der Waals surface area (Å²) >= 11 is 0. The third kappa shape index (κ3) is 33.7. The minimum atomic E-state index is -0.779. The lowest BCUT2D eigenvalue weighted by molar-refractivity contribution is -0.121. The Hall–Kier alpha value is -1.70. The number of amides is 2. The molecule has 2 amide bonds. The normalized spacial score (nSPS) is 13.8. The maximum atomic E-state index is 12.1. The first-order valence-corrected chi connectivity index (χ1v) is 19.3. The summed E-state index contributed by atoms with van der Waals surface area (Å²) in [5.41, 5.74) is 0. The van der Waals surface area contributed by atoms with Crippen molar-refractivity contribution in [1.29, 1.82) is 0 Å². The number of aliphatic hydroxyl groups excluding tert-OH is 3. The van der Waals surface area contributed by atoms with Gasteiger partial charge in [-0.2, -0.15) is 0 Å². The fraction of sp³-hybridized carbons (Fsp3) is 0.846. The molecule has 0 aliphatic carbocycles. The molecule has 2 unspecified atom stereocenters. The summed E-state index contributed by atoms with van der Waals surface area (Å²) in [6, 6.07) is 0. The average Bonchev–Trinajstić information content (AvgIpc) is 3.04. The number of nitrogens with one attached hydrogen (secondary N) is 2. The molecule has 0 fully saturated rings. The maximum absolute atomic E-state index is 12.1. The quantitative estimate of drug-likeness (QED) is 0.0353. The van der Waals surface area contributed by atoms with E-state index in [1.807, 2.05) is 0 Å². The van der Waals surface area contributed by atoms with Gasteiger partial charge in [-0.1, -0.05) is 128 Å². The molecule has 0 bridgehead atoms.